The number of methoxy groups -OCH3 is 1. The smallest absolute Gasteiger partial charge is 0.305 e. The first-order valence-electron chi connectivity index (χ1n) is 6.91. The summed E-state index contributed by atoms with van der Waals surface area (Å²) in [5, 5.41) is 13.3. The molecule has 6 nitrogen and oxygen atoms in total. The summed E-state index contributed by atoms with van der Waals surface area (Å²) in [4.78, 5) is 22.0. The van der Waals surface area contributed by atoms with Crippen LogP contribution < -0.4 is 10.1 Å². The van der Waals surface area contributed by atoms with Gasteiger partial charge in [-0.05, 0) is 36.8 Å². The van der Waals surface area contributed by atoms with Crippen molar-refractivity contribution in [1.82, 2.24) is 5.32 Å². The zero-order valence-corrected chi connectivity index (χ0v) is 12.9. The number of carbonyl (C=O) groups is 1. The Hall–Kier alpha value is -3.03. The van der Waals surface area contributed by atoms with Crippen molar-refractivity contribution < 1.29 is 23.2 Å². The van der Waals surface area contributed by atoms with Gasteiger partial charge < -0.3 is 10.1 Å². The Bertz CT molecular complexity index is 796. The summed E-state index contributed by atoms with van der Waals surface area (Å²) in [5.41, 5.74) is -0.368. The fourth-order valence-electron chi connectivity index (χ4n) is 2.11. The number of carbonyl (C=O) groups excluding carboxylic acids is 1. The second-order valence-corrected chi connectivity index (χ2v) is 5.01. The highest BCUT2D eigenvalue weighted by atomic mass is 19.1. The summed E-state index contributed by atoms with van der Waals surface area (Å²) in [7, 11) is 1.34. The highest BCUT2D eigenvalue weighted by Crippen LogP contribution is 2.23. The molecule has 0 fully saturated rings. The van der Waals surface area contributed by atoms with Crippen LogP contribution in [0.1, 0.15) is 28.9 Å². The molecule has 0 saturated heterocycles. The molecule has 0 heterocycles. The first-order valence-corrected chi connectivity index (χ1v) is 6.91. The lowest BCUT2D eigenvalue weighted by atomic mass is 10.1. The molecule has 2 rings (SSSR count). The SMILES string of the molecule is COc1ccc([C@H](C)NC(=O)c2ccc(F)c([N+](=O)[O-])c2)cc1F. The van der Waals surface area contributed by atoms with E-state index in [1.165, 1.54) is 19.2 Å². The van der Waals surface area contributed by atoms with Crippen LogP contribution in [0.3, 0.4) is 0 Å². The second kappa shape index (κ2) is 7.03. The number of hydrogen-bond acceptors (Lipinski definition) is 4. The quantitative estimate of drug-likeness (QED) is 0.670. The Labute approximate surface area is 136 Å². The molecule has 1 atom stereocenters. The Morgan fingerprint density at radius 1 is 1.21 bits per heavy atom. The molecule has 0 radical (unpaired) electrons. The van der Waals surface area contributed by atoms with Crippen LogP contribution in [0.5, 0.6) is 5.75 Å². The average Bonchev–Trinajstić information content (AvgIpc) is 2.54. The first kappa shape index (κ1) is 17.3. The molecular weight excluding hydrogens is 322 g/mol. The van der Waals surface area contributed by atoms with E-state index in [1.54, 1.807) is 13.0 Å². The van der Waals surface area contributed by atoms with Gasteiger partial charge in [0.1, 0.15) is 0 Å². The van der Waals surface area contributed by atoms with Gasteiger partial charge in [0.05, 0.1) is 18.1 Å². The number of hydrogen-bond donors (Lipinski definition) is 1. The van der Waals surface area contributed by atoms with Crippen LogP contribution in [0.4, 0.5) is 14.5 Å². The van der Waals surface area contributed by atoms with Gasteiger partial charge in [-0.2, -0.15) is 4.39 Å². The van der Waals surface area contributed by atoms with E-state index in [-0.39, 0.29) is 11.3 Å². The predicted molar refractivity (Wildman–Crippen MR) is 81.9 cm³/mol. The van der Waals surface area contributed by atoms with Crippen LogP contribution in [-0.2, 0) is 0 Å². The number of nitro benzene ring substituents is 1. The van der Waals surface area contributed by atoms with E-state index < -0.39 is 34.2 Å². The van der Waals surface area contributed by atoms with Crippen LogP contribution in [-0.4, -0.2) is 17.9 Å². The molecule has 8 heteroatoms. The third-order valence-electron chi connectivity index (χ3n) is 3.43. The number of halogens is 2. The molecule has 1 amide bonds. The molecule has 2 aromatic carbocycles. The van der Waals surface area contributed by atoms with E-state index in [0.29, 0.717) is 5.56 Å². The van der Waals surface area contributed by atoms with Gasteiger partial charge in [-0.1, -0.05) is 6.07 Å². The normalized spacial score (nSPS) is 11.7. The molecule has 0 aliphatic heterocycles. The summed E-state index contributed by atoms with van der Waals surface area (Å²) < 4.78 is 31.8. The van der Waals surface area contributed by atoms with Crippen LogP contribution in [0.25, 0.3) is 0 Å². The lowest BCUT2D eigenvalue weighted by Crippen LogP contribution is -2.26. The first-order chi connectivity index (χ1) is 11.3. The Morgan fingerprint density at radius 3 is 2.50 bits per heavy atom. The molecule has 1 N–H and O–H groups in total. The maximum absolute atomic E-state index is 13.7. The molecule has 0 aliphatic rings. The summed E-state index contributed by atoms with van der Waals surface area (Å²) in [6.07, 6.45) is 0. The molecule has 126 valence electrons. The van der Waals surface area contributed by atoms with Crippen molar-refractivity contribution in [3.8, 4) is 5.75 Å². The largest absolute Gasteiger partial charge is 0.494 e. The minimum atomic E-state index is -1.03. The predicted octanol–water partition coefficient (Wildman–Crippen LogP) is 3.37. The Kier molecular flexibility index (Phi) is 5.08. The summed E-state index contributed by atoms with van der Waals surface area (Å²) in [6.45, 7) is 1.62. The summed E-state index contributed by atoms with van der Waals surface area (Å²) in [6, 6.07) is 6.50. The van der Waals surface area contributed by atoms with E-state index in [0.717, 1.165) is 18.2 Å². The van der Waals surface area contributed by atoms with Gasteiger partial charge in [0, 0.05) is 11.6 Å². The maximum atomic E-state index is 13.7. The number of nitrogens with one attached hydrogen (secondary N) is 1. The zero-order chi connectivity index (χ0) is 17.9. The van der Waals surface area contributed by atoms with Gasteiger partial charge >= 0.3 is 5.69 Å². The average molecular weight is 336 g/mol. The minimum absolute atomic E-state index is 0.0658. The number of amides is 1. The number of nitro groups is 1. The molecule has 24 heavy (non-hydrogen) atoms. The topological polar surface area (TPSA) is 81.5 Å². The molecular formula is C16H14F2N2O4. The van der Waals surface area contributed by atoms with Crippen molar-refractivity contribution >= 4 is 11.6 Å². The van der Waals surface area contributed by atoms with Crippen molar-refractivity contribution in [2.45, 2.75) is 13.0 Å². The van der Waals surface area contributed by atoms with Gasteiger partial charge in [0.25, 0.3) is 5.91 Å². The highest BCUT2D eigenvalue weighted by Gasteiger charge is 2.19. The van der Waals surface area contributed by atoms with Gasteiger partial charge in [-0.25, -0.2) is 4.39 Å². The van der Waals surface area contributed by atoms with Crippen molar-refractivity contribution in [3.05, 3.63) is 69.3 Å². The van der Waals surface area contributed by atoms with E-state index in [1.807, 2.05) is 0 Å². The van der Waals surface area contributed by atoms with Gasteiger partial charge in [-0.15, -0.1) is 0 Å². The standard InChI is InChI=1S/C16H14F2N2O4/c1-9(10-4-6-15(24-2)13(18)7-10)19-16(21)11-3-5-12(17)14(8-11)20(22)23/h3-9H,1-2H3,(H,19,21)/t9-/m0/s1. The maximum Gasteiger partial charge on any atom is 0.305 e. The highest BCUT2D eigenvalue weighted by molar-refractivity contribution is 5.95. The van der Waals surface area contributed by atoms with Crippen molar-refractivity contribution in [2.24, 2.45) is 0 Å². The van der Waals surface area contributed by atoms with Crippen LogP contribution in [0, 0.1) is 21.7 Å². The third kappa shape index (κ3) is 3.65. The van der Waals surface area contributed by atoms with Crippen LogP contribution in [0.2, 0.25) is 0 Å². The van der Waals surface area contributed by atoms with Crippen molar-refractivity contribution in [1.29, 1.82) is 0 Å². The van der Waals surface area contributed by atoms with Crippen LogP contribution >= 0.6 is 0 Å². The second-order valence-electron chi connectivity index (χ2n) is 5.01. The molecule has 0 aliphatic carbocycles. The van der Waals surface area contributed by atoms with E-state index in [4.69, 9.17) is 4.74 Å². The fraction of sp³-hybridized carbons (Fsp3) is 0.188. The number of rotatable bonds is 5. The zero-order valence-electron chi connectivity index (χ0n) is 12.9. The summed E-state index contributed by atoms with van der Waals surface area (Å²) >= 11 is 0. The van der Waals surface area contributed by atoms with Gasteiger partial charge in [0.15, 0.2) is 11.6 Å². The van der Waals surface area contributed by atoms with Crippen LogP contribution in [0.15, 0.2) is 36.4 Å². The summed E-state index contributed by atoms with van der Waals surface area (Å²) in [5.74, 6) is -2.16. The Balaban J connectivity index is 2.18. The van der Waals surface area contributed by atoms with E-state index >= 15 is 0 Å². The lowest BCUT2D eigenvalue weighted by Gasteiger charge is -2.15. The Morgan fingerprint density at radius 2 is 1.92 bits per heavy atom. The van der Waals surface area contributed by atoms with E-state index in [9.17, 15) is 23.7 Å². The lowest BCUT2D eigenvalue weighted by molar-refractivity contribution is -0.387. The fourth-order valence-corrected chi connectivity index (χ4v) is 2.11. The monoisotopic (exact) mass is 336 g/mol. The number of ether oxygens (including phenoxy) is 1. The van der Waals surface area contributed by atoms with Crippen molar-refractivity contribution in [2.75, 3.05) is 7.11 Å². The third-order valence-corrected chi connectivity index (χ3v) is 3.43. The number of nitrogens with zero attached hydrogens (tertiary/aromatic N) is 1. The molecule has 0 saturated carbocycles. The van der Waals surface area contributed by atoms with Crippen molar-refractivity contribution in [3.63, 3.8) is 0 Å². The molecule has 0 bridgehead atoms. The van der Waals surface area contributed by atoms with Gasteiger partial charge in [0.2, 0.25) is 5.82 Å². The number of benzene rings is 2. The molecule has 2 aromatic rings. The van der Waals surface area contributed by atoms with Gasteiger partial charge in [-0.3, -0.25) is 14.9 Å². The van der Waals surface area contributed by atoms with E-state index in [2.05, 4.69) is 5.32 Å². The molecule has 0 unspecified atom stereocenters. The minimum Gasteiger partial charge on any atom is -0.494 e. The molecule has 0 aromatic heterocycles. The molecule has 0 spiro atoms.